The van der Waals surface area contributed by atoms with E-state index in [1.807, 2.05) is 26.1 Å². The van der Waals surface area contributed by atoms with Crippen molar-refractivity contribution in [2.75, 3.05) is 18.0 Å². The van der Waals surface area contributed by atoms with Crippen LogP contribution in [-0.4, -0.2) is 28.8 Å². The van der Waals surface area contributed by atoms with Crippen LogP contribution in [0.3, 0.4) is 0 Å². The summed E-state index contributed by atoms with van der Waals surface area (Å²) in [6.07, 6.45) is 2.69. The molecule has 0 saturated carbocycles. The second kappa shape index (κ2) is 3.24. The fourth-order valence-corrected chi connectivity index (χ4v) is 1.79. The lowest BCUT2D eigenvalue weighted by molar-refractivity contribution is 0.0839. The summed E-state index contributed by atoms with van der Waals surface area (Å²) >= 11 is 0. The summed E-state index contributed by atoms with van der Waals surface area (Å²) in [6.45, 7) is 5.48. The van der Waals surface area contributed by atoms with E-state index in [2.05, 4.69) is 16.0 Å². The Bertz CT molecular complexity index is 319. The van der Waals surface area contributed by atoms with E-state index in [0.29, 0.717) is 6.54 Å². The third kappa shape index (κ3) is 1.87. The van der Waals surface area contributed by atoms with Gasteiger partial charge >= 0.3 is 0 Å². The number of hydrogen-bond acceptors (Lipinski definition) is 3. The molecule has 1 aromatic heterocycles. The van der Waals surface area contributed by atoms with Crippen LogP contribution in [0.15, 0.2) is 18.3 Å². The maximum atomic E-state index is 9.81. The molecule has 0 amide bonds. The molecule has 1 aliphatic rings. The van der Waals surface area contributed by atoms with Crippen LogP contribution in [-0.2, 0) is 0 Å². The van der Waals surface area contributed by atoms with Gasteiger partial charge in [0.25, 0.3) is 0 Å². The molecule has 1 aliphatic heterocycles. The van der Waals surface area contributed by atoms with Crippen LogP contribution in [0.4, 0.5) is 5.82 Å². The monoisotopic (exact) mass is 192 g/mol. The minimum atomic E-state index is -0.549. The molecule has 14 heavy (non-hydrogen) atoms. The predicted molar refractivity (Wildman–Crippen MR) is 56.4 cm³/mol. The van der Waals surface area contributed by atoms with Gasteiger partial charge in [0.1, 0.15) is 5.82 Å². The van der Waals surface area contributed by atoms with Crippen molar-refractivity contribution in [2.45, 2.75) is 25.9 Å². The first-order valence-corrected chi connectivity index (χ1v) is 4.97. The standard InChI is InChI=1S/C11H16N2O/c1-9-3-4-10(12-7-9)13-6-5-11(2,14)8-13/h3-4,7,14H,5-6,8H2,1-2H3. The molecule has 76 valence electrons. The Hall–Kier alpha value is -1.09. The Kier molecular flexibility index (Phi) is 2.19. The van der Waals surface area contributed by atoms with Crippen molar-refractivity contribution in [3.63, 3.8) is 0 Å². The number of nitrogens with zero attached hydrogens (tertiary/aromatic N) is 2. The van der Waals surface area contributed by atoms with E-state index in [0.717, 1.165) is 18.8 Å². The molecule has 1 fully saturated rings. The highest BCUT2D eigenvalue weighted by Crippen LogP contribution is 2.24. The zero-order chi connectivity index (χ0) is 10.2. The van der Waals surface area contributed by atoms with Crippen molar-refractivity contribution in [3.05, 3.63) is 23.9 Å². The van der Waals surface area contributed by atoms with E-state index in [9.17, 15) is 5.11 Å². The highest BCUT2D eigenvalue weighted by atomic mass is 16.3. The number of aromatic nitrogens is 1. The Balaban J connectivity index is 2.14. The van der Waals surface area contributed by atoms with Crippen molar-refractivity contribution >= 4 is 5.82 Å². The van der Waals surface area contributed by atoms with Gasteiger partial charge in [-0.2, -0.15) is 0 Å². The topological polar surface area (TPSA) is 36.4 Å². The molecule has 0 aromatic carbocycles. The molecule has 1 saturated heterocycles. The van der Waals surface area contributed by atoms with E-state index in [4.69, 9.17) is 0 Å². The van der Waals surface area contributed by atoms with Crippen molar-refractivity contribution in [1.29, 1.82) is 0 Å². The molecule has 1 atom stereocenters. The van der Waals surface area contributed by atoms with Gasteiger partial charge in [0, 0.05) is 19.3 Å². The number of pyridine rings is 1. The number of rotatable bonds is 1. The van der Waals surface area contributed by atoms with Crippen LogP contribution in [0.2, 0.25) is 0 Å². The van der Waals surface area contributed by atoms with Crippen LogP contribution in [0.25, 0.3) is 0 Å². The molecule has 1 N–H and O–H groups in total. The molecule has 2 rings (SSSR count). The molecule has 0 spiro atoms. The van der Waals surface area contributed by atoms with Gasteiger partial charge in [-0.15, -0.1) is 0 Å². The highest BCUT2D eigenvalue weighted by molar-refractivity contribution is 5.41. The average molecular weight is 192 g/mol. The molecule has 2 heterocycles. The largest absolute Gasteiger partial charge is 0.388 e. The predicted octanol–water partition coefficient (Wildman–Crippen LogP) is 1.35. The average Bonchev–Trinajstić information content (AvgIpc) is 2.47. The van der Waals surface area contributed by atoms with Crippen molar-refractivity contribution in [2.24, 2.45) is 0 Å². The number of aryl methyl sites for hydroxylation is 1. The van der Waals surface area contributed by atoms with Crippen LogP contribution in [0, 0.1) is 6.92 Å². The van der Waals surface area contributed by atoms with Gasteiger partial charge in [0.15, 0.2) is 0 Å². The van der Waals surface area contributed by atoms with Crippen molar-refractivity contribution < 1.29 is 5.11 Å². The molecule has 0 aliphatic carbocycles. The highest BCUT2D eigenvalue weighted by Gasteiger charge is 2.31. The van der Waals surface area contributed by atoms with Gasteiger partial charge in [0.05, 0.1) is 5.60 Å². The van der Waals surface area contributed by atoms with Crippen LogP contribution in [0.5, 0.6) is 0 Å². The summed E-state index contributed by atoms with van der Waals surface area (Å²) in [5.41, 5.74) is 0.617. The number of anilines is 1. The summed E-state index contributed by atoms with van der Waals surface area (Å²) in [4.78, 5) is 6.47. The van der Waals surface area contributed by atoms with Crippen molar-refractivity contribution in [3.8, 4) is 0 Å². The van der Waals surface area contributed by atoms with Gasteiger partial charge in [-0.25, -0.2) is 4.98 Å². The van der Waals surface area contributed by atoms with Gasteiger partial charge in [-0.3, -0.25) is 0 Å². The zero-order valence-corrected chi connectivity index (χ0v) is 8.70. The lowest BCUT2D eigenvalue weighted by Gasteiger charge is -2.19. The van der Waals surface area contributed by atoms with Crippen LogP contribution >= 0.6 is 0 Å². The van der Waals surface area contributed by atoms with E-state index >= 15 is 0 Å². The minimum absolute atomic E-state index is 0.549. The Morgan fingerprint density at radius 2 is 2.29 bits per heavy atom. The van der Waals surface area contributed by atoms with Gasteiger partial charge in [-0.1, -0.05) is 6.07 Å². The molecule has 0 bridgehead atoms. The summed E-state index contributed by atoms with van der Waals surface area (Å²) in [6, 6.07) is 4.06. The lowest BCUT2D eigenvalue weighted by atomic mass is 10.1. The first-order valence-electron chi connectivity index (χ1n) is 4.97. The zero-order valence-electron chi connectivity index (χ0n) is 8.70. The second-order valence-corrected chi connectivity index (χ2v) is 4.36. The van der Waals surface area contributed by atoms with Gasteiger partial charge in [0.2, 0.25) is 0 Å². The Morgan fingerprint density at radius 1 is 1.50 bits per heavy atom. The van der Waals surface area contributed by atoms with Crippen LogP contribution < -0.4 is 4.90 Å². The van der Waals surface area contributed by atoms with Gasteiger partial charge < -0.3 is 10.0 Å². The summed E-state index contributed by atoms with van der Waals surface area (Å²) in [5.74, 6) is 0.966. The fraction of sp³-hybridized carbons (Fsp3) is 0.545. The maximum absolute atomic E-state index is 9.81. The molecule has 3 nitrogen and oxygen atoms in total. The quantitative estimate of drug-likeness (QED) is 0.729. The Morgan fingerprint density at radius 3 is 2.79 bits per heavy atom. The number of β-amino-alcohol motifs (C(OH)–C–C–N with tert-alkyl or cyclic N) is 1. The van der Waals surface area contributed by atoms with Crippen molar-refractivity contribution in [1.82, 2.24) is 4.98 Å². The Labute approximate surface area is 84.4 Å². The molecular formula is C11H16N2O. The first kappa shape index (κ1) is 9.46. The van der Waals surface area contributed by atoms with E-state index in [1.165, 1.54) is 5.56 Å². The SMILES string of the molecule is Cc1ccc(N2CCC(C)(O)C2)nc1. The normalized spacial score (nSPS) is 26.9. The van der Waals surface area contributed by atoms with E-state index in [-0.39, 0.29) is 0 Å². The van der Waals surface area contributed by atoms with Gasteiger partial charge in [-0.05, 0) is 31.9 Å². The number of hydrogen-bond donors (Lipinski definition) is 1. The summed E-state index contributed by atoms with van der Waals surface area (Å²) in [5, 5.41) is 9.81. The molecule has 3 heteroatoms. The summed E-state index contributed by atoms with van der Waals surface area (Å²) < 4.78 is 0. The lowest BCUT2D eigenvalue weighted by Crippen LogP contribution is -2.29. The molecule has 1 aromatic rings. The second-order valence-electron chi connectivity index (χ2n) is 4.36. The third-order valence-corrected chi connectivity index (χ3v) is 2.67. The molecule has 0 radical (unpaired) electrons. The number of aliphatic hydroxyl groups is 1. The maximum Gasteiger partial charge on any atom is 0.128 e. The first-order chi connectivity index (χ1) is 6.57. The van der Waals surface area contributed by atoms with E-state index < -0.39 is 5.60 Å². The molecular weight excluding hydrogens is 176 g/mol. The molecule has 1 unspecified atom stereocenters. The van der Waals surface area contributed by atoms with Crippen LogP contribution in [0.1, 0.15) is 18.9 Å². The smallest absolute Gasteiger partial charge is 0.128 e. The third-order valence-electron chi connectivity index (χ3n) is 2.67. The van der Waals surface area contributed by atoms with E-state index in [1.54, 1.807) is 0 Å². The summed E-state index contributed by atoms with van der Waals surface area (Å²) in [7, 11) is 0. The fourth-order valence-electron chi connectivity index (χ4n) is 1.79. The minimum Gasteiger partial charge on any atom is -0.388 e.